The summed E-state index contributed by atoms with van der Waals surface area (Å²) in [5.41, 5.74) is 7.81. The maximum Gasteiger partial charge on any atom is 0.164 e. The summed E-state index contributed by atoms with van der Waals surface area (Å²) in [5, 5.41) is 0. The SMILES string of the molecule is COc1ccc2c(c1)C(N)(c1ccc(C)c(F)c1F)CC2. The van der Waals surface area contributed by atoms with Crippen molar-refractivity contribution in [2.45, 2.75) is 25.3 Å². The molecule has 0 aliphatic heterocycles. The van der Waals surface area contributed by atoms with Crippen LogP contribution in [0.4, 0.5) is 8.78 Å². The molecule has 0 bridgehead atoms. The number of aryl methyl sites for hydroxylation is 2. The molecule has 0 heterocycles. The van der Waals surface area contributed by atoms with Gasteiger partial charge in [0.25, 0.3) is 0 Å². The Balaban J connectivity index is 2.19. The molecule has 1 unspecified atom stereocenters. The zero-order valence-corrected chi connectivity index (χ0v) is 12.0. The van der Waals surface area contributed by atoms with Gasteiger partial charge in [-0.25, -0.2) is 8.78 Å². The predicted octanol–water partition coefficient (Wildman–Crippen LogP) is 3.43. The van der Waals surface area contributed by atoms with E-state index < -0.39 is 17.2 Å². The third-order valence-corrected chi connectivity index (χ3v) is 4.34. The van der Waals surface area contributed by atoms with E-state index in [9.17, 15) is 8.78 Å². The Kier molecular flexibility index (Phi) is 3.21. The van der Waals surface area contributed by atoms with Crippen LogP contribution in [0.5, 0.6) is 5.75 Å². The second-order valence-corrected chi connectivity index (χ2v) is 5.55. The number of hydrogen-bond acceptors (Lipinski definition) is 2. The fourth-order valence-electron chi connectivity index (χ4n) is 3.05. The third kappa shape index (κ3) is 2.02. The molecule has 3 rings (SSSR count). The van der Waals surface area contributed by atoms with Crippen LogP contribution in [-0.4, -0.2) is 7.11 Å². The van der Waals surface area contributed by atoms with Gasteiger partial charge in [0.15, 0.2) is 11.6 Å². The highest BCUT2D eigenvalue weighted by Crippen LogP contribution is 2.42. The van der Waals surface area contributed by atoms with Gasteiger partial charge >= 0.3 is 0 Å². The largest absolute Gasteiger partial charge is 0.497 e. The van der Waals surface area contributed by atoms with Gasteiger partial charge in [0.2, 0.25) is 0 Å². The predicted molar refractivity (Wildman–Crippen MR) is 77.4 cm³/mol. The zero-order valence-electron chi connectivity index (χ0n) is 12.0. The maximum absolute atomic E-state index is 14.3. The monoisotopic (exact) mass is 289 g/mol. The minimum atomic E-state index is -1.01. The first kappa shape index (κ1) is 14.0. The quantitative estimate of drug-likeness (QED) is 0.919. The summed E-state index contributed by atoms with van der Waals surface area (Å²) in [6.45, 7) is 1.54. The van der Waals surface area contributed by atoms with Crippen molar-refractivity contribution in [3.05, 3.63) is 64.2 Å². The topological polar surface area (TPSA) is 35.2 Å². The maximum atomic E-state index is 14.3. The Morgan fingerprint density at radius 1 is 1.10 bits per heavy atom. The number of fused-ring (bicyclic) bond motifs is 1. The van der Waals surface area contributed by atoms with Crippen LogP contribution in [0.2, 0.25) is 0 Å². The third-order valence-electron chi connectivity index (χ3n) is 4.34. The number of rotatable bonds is 2. The Labute approximate surface area is 122 Å². The van der Waals surface area contributed by atoms with Gasteiger partial charge in [0.1, 0.15) is 5.75 Å². The van der Waals surface area contributed by atoms with E-state index in [4.69, 9.17) is 10.5 Å². The van der Waals surface area contributed by atoms with E-state index >= 15 is 0 Å². The average Bonchev–Trinajstić information content (AvgIpc) is 2.82. The smallest absolute Gasteiger partial charge is 0.164 e. The summed E-state index contributed by atoms with van der Waals surface area (Å²) < 4.78 is 33.4. The summed E-state index contributed by atoms with van der Waals surface area (Å²) in [6.07, 6.45) is 1.29. The number of methoxy groups -OCH3 is 1. The second kappa shape index (κ2) is 4.81. The number of nitrogens with two attached hydrogens (primary N) is 1. The van der Waals surface area contributed by atoms with E-state index in [1.807, 2.05) is 18.2 Å². The molecule has 0 saturated carbocycles. The molecule has 0 aromatic heterocycles. The van der Waals surface area contributed by atoms with Crippen LogP contribution in [0.15, 0.2) is 30.3 Å². The molecule has 0 spiro atoms. The molecule has 0 fully saturated rings. The van der Waals surface area contributed by atoms with E-state index in [-0.39, 0.29) is 11.1 Å². The Hall–Kier alpha value is -1.94. The Morgan fingerprint density at radius 2 is 1.86 bits per heavy atom. The number of halogens is 2. The first-order chi connectivity index (χ1) is 9.97. The first-order valence-electron chi connectivity index (χ1n) is 6.88. The van der Waals surface area contributed by atoms with E-state index in [1.54, 1.807) is 19.2 Å². The van der Waals surface area contributed by atoms with Gasteiger partial charge in [-0.15, -0.1) is 0 Å². The van der Waals surface area contributed by atoms with Gasteiger partial charge < -0.3 is 10.5 Å². The minimum absolute atomic E-state index is 0.206. The highest BCUT2D eigenvalue weighted by atomic mass is 19.2. The van der Waals surface area contributed by atoms with Crippen LogP contribution in [0.25, 0.3) is 0 Å². The molecular formula is C17H17F2NO. The lowest BCUT2D eigenvalue weighted by atomic mass is 9.84. The Morgan fingerprint density at radius 3 is 2.57 bits per heavy atom. The molecule has 21 heavy (non-hydrogen) atoms. The summed E-state index contributed by atoms with van der Waals surface area (Å²) in [7, 11) is 1.57. The number of hydrogen-bond donors (Lipinski definition) is 1. The number of benzene rings is 2. The van der Waals surface area contributed by atoms with Crippen LogP contribution < -0.4 is 10.5 Å². The zero-order chi connectivity index (χ0) is 15.2. The minimum Gasteiger partial charge on any atom is -0.497 e. The fraction of sp³-hybridized carbons (Fsp3) is 0.294. The van der Waals surface area contributed by atoms with Crippen molar-refractivity contribution in [1.29, 1.82) is 0 Å². The average molecular weight is 289 g/mol. The van der Waals surface area contributed by atoms with Crippen LogP contribution in [0, 0.1) is 18.6 Å². The Bertz CT molecular complexity index is 714. The summed E-state index contributed by atoms with van der Waals surface area (Å²) >= 11 is 0. The highest BCUT2D eigenvalue weighted by molar-refractivity contribution is 5.50. The van der Waals surface area contributed by atoms with Crippen molar-refractivity contribution in [3.63, 3.8) is 0 Å². The molecule has 2 nitrogen and oxygen atoms in total. The van der Waals surface area contributed by atoms with Crippen molar-refractivity contribution in [2.75, 3.05) is 7.11 Å². The molecule has 2 aromatic rings. The lowest BCUT2D eigenvalue weighted by Crippen LogP contribution is -2.36. The standard InChI is InChI=1S/C17H17F2NO/c1-10-3-6-13(16(19)15(10)18)17(20)8-7-11-4-5-12(21-2)9-14(11)17/h3-6,9H,7-8,20H2,1-2H3. The van der Waals surface area contributed by atoms with Crippen LogP contribution in [-0.2, 0) is 12.0 Å². The molecule has 1 aliphatic carbocycles. The number of ether oxygens (including phenoxy) is 1. The molecule has 2 N–H and O–H groups in total. The van der Waals surface area contributed by atoms with Crippen molar-refractivity contribution in [2.24, 2.45) is 5.73 Å². The lowest BCUT2D eigenvalue weighted by molar-refractivity contribution is 0.411. The van der Waals surface area contributed by atoms with Gasteiger partial charge in [-0.2, -0.15) is 0 Å². The van der Waals surface area contributed by atoms with E-state index in [0.29, 0.717) is 12.2 Å². The molecule has 2 aromatic carbocycles. The van der Waals surface area contributed by atoms with Gasteiger partial charge in [-0.05, 0) is 48.6 Å². The molecular weight excluding hydrogens is 272 g/mol. The van der Waals surface area contributed by atoms with Gasteiger partial charge in [0, 0.05) is 5.56 Å². The molecule has 110 valence electrons. The van der Waals surface area contributed by atoms with Gasteiger partial charge in [0.05, 0.1) is 12.6 Å². The molecule has 1 aliphatic rings. The molecule has 4 heteroatoms. The lowest BCUT2D eigenvalue weighted by Gasteiger charge is -2.27. The summed E-state index contributed by atoms with van der Waals surface area (Å²) in [4.78, 5) is 0. The van der Waals surface area contributed by atoms with E-state index in [2.05, 4.69) is 0 Å². The van der Waals surface area contributed by atoms with Crippen LogP contribution in [0.3, 0.4) is 0 Å². The van der Waals surface area contributed by atoms with Crippen LogP contribution >= 0.6 is 0 Å². The van der Waals surface area contributed by atoms with Crippen molar-refractivity contribution < 1.29 is 13.5 Å². The molecule has 1 atom stereocenters. The normalized spacial score (nSPS) is 20.4. The van der Waals surface area contributed by atoms with Crippen LogP contribution in [0.1, 0.15) is 28.7 Å². The van der Waals surface area contributed by atoms with Crippen molar-refractivity contribution >= 4 is 0 Å². The van der Waals surface area contributed by atoms with E-state index in [1.165, 1.54) is 6.92 Å². The van der Waals surface area contributed by atoms with E-state index in [0.717, 1.165) is 17.5 Å². The molecule has 0 amide bonds. The molecule has 0 saturated heterocycles. The summed E-state index contributed by atoms with van der Waals surface area (Å²) in [6, 6.07) is 8.77. The van der Waals surface area contributed by atoms with Gasteiger partial charge in [-0.3, -0.25) is 0 Å². The highest BCUT2D eigenvalue weighted by Gasteiger charge is 2.39. The second-order valence-electron chi connectivity index (χ2n) is 5.55. The first-order valence-corrected chi connectivity index (χ1v) is 6.88. The van der Waals surface area contributed by atoms with Gasteiger partial charge in [-0.1, -0.05) is 18.2 Å². The van der Waals surface area contributed by atoms with Crippen molar-refractivity contribution in [1.82, 2.24) is 0 Å². The van der Waals surface area contributed by atoms with Crippen molar-refractivity contribution in [3.8, 4) is 5.75 Å². The fourth-order valence-corrected chi connectivity index (χ4v) is 3.05. The summed E-state index contributed by atoms with van der Waals surface area (Å²) in [5.74, 6) is -1.01. The molecule has 0 radical (unpaired) electrons.